The molecule has 0 saturated carbocycles. The van der Waals surface area contributed by atoms with Gasteiger partial charge < -0.3 is 19.7 Å². The number of carbonyl (C=O) groups is 3. The number of rotatable bonds is 9. The number of benzene rings is 3. The minimum atomic E-state index is -1.27. The van der Waals surface area contributed by atoms with E-state index in [9.17, 15) is 24.6 Å². The summed E-state index contributed by atoms with van der Waals surface area (Å²) >= 11 is 6.62. The van der Waals surface area contributed by atoms with E-state index in [0.29, 0.717) is 25.9 Å². The molecule has 3 rings (SSSR count). The molecule has 0 saturated heterocycles. The molecule has 3 aromatic carbocycles. The minimum absolute atomic E-state index is 0.119. The van der Waals surface area contributed by atoms with E-state index in [2.05, 4.69) is 37.2 Å². The summed E-state index contributed by atoms with van der Waals surface area (Å²) in [6.07, 6.45) is -1.21. The number of hydrogen-bond acceptors (Lipinski definition) is 6. The molecule has 0 aliphatic rings. The lowest BCUT2D eigenvalue weighted by Gasteiger charge is -2.27. The highest BCUT2D eigenvalue weighted by Gasteiger charge is 2.31. The van der Waals surface area contributed by atoms with E-state index < -0.39 is 24.3 Å². The van der Waals surface area contributed by atoms with E-state index in [0.717, 1.165) is 6.08 Å². The molecule has 0 aliphatic carbocycles. The van der Waals surface area contributed by atoms with Gasteiger partial charge in [-0.2, -0.15) is 0 Å². The number of ketones is 1. The summed E-state index contributed by atoms with van der Waals surface area (Å²) < 4.78 is 12.5. The lowest BCUT2D eigenvalue weighted by atomic mass is 10.0. The Labute approximate surface area is 223 Å². The van der Waals surface area contributed by atoms with Crippen molar-refractivity contribution in [3.63, 3.8) is 0 Å². The number of phenolic OH excluding ortho intramolecular Hbond substituents is 1. The monoisotopic (exact) mass is 617 g/mol. The number of aromatic hydroxyl groups is 1. The van der Waals surface area contributed by atoms with E-state index in [1.54, 1.807) is 60.7 Å². The van der Waals surface area contributed by atoms with E-state index >= 15 is 0 Å². The van der Waals surface area contributed by atoms with Crippen LogP contribution < -0.4 is 10.1 Å². The van der Waals surface area contributed by atoms with E-state index in [1.807, 2.05) is 0 Å². The van der Waals surface area contributed by atoms with Crippen LogP contribution in [-0.2, 0) is 9.53 Å². The van der Waals surface area contributed by atoms with Gasteiger partial charge in [-0.3, -0.25) is 10.1 Å². The van der Waals surface area contributed by atoms with Crippen molar-refractivity contribution in [3.05, 3.63) is 99.0 Å². The van der Waals surface area contributed by atoms with Crippen LogP contribution in [0.2, 0.25) is 0 Å². The Kier molecular flexibility index (Phi) is 9.26. The Morgan fingerprint density at radius 2 is 1.67 bits per heavy atom. The van der Waals surface area contributed by atoms with Gasteiger partial charge in [0.15, 0.2) is 18.0 Å². The van der Waals surface area contributed by atoms with Crippen LogP contribution in [-0.4, -0.2) is 34.2 Å². The summed E-state index contributed by atoms with van der Waals surface area (Å²) in [5.74, 6) is -1.18. The zero-order valence-corrected chi connectivity index (χ0v) is 22.0. The molecule has 10 heteroatoms. The highest BCUT2D eigenvalue weighted by Crippen LogP contribution is 2.39. The topological polar surface area (TPSA) is 122 Å². The van der Waals surface area contributed by atoms with Gasteiger partial charge in [0.05, 0.1) is 4.47 Å². The second kappa shape index (κ2) is 12.4. The maximum Gasteiger partial charge on any atom is 0.412 e. The van der Waals surface area contributed by atoms with Crippen LogP contribution >= 0.6 is 31.9 Å². The van der Waals surface area contributed by atoms with Crippen LogP contribution in [0.5, 0.6) is 11.5 Å². The molecule has 1 amide bonds. The van der Waals surface area contributed by atoms with Gasteiger partial charge in [-0.15, -0.1) is 0 Å². The Balaban J connectivity index is 1.98. The first kappa shape index (κ1) is 27.0. The summed E-state index contributed by atoms with van der Waals surface area (Å²) in [7, 11) is 0. The maximum absolute atomic E-state index is 12.9. The summed E-state index contributed by atoms with van der Waals surface area (Å²) in [4.78, 5) is 35.7. The van der Waals surface area contributed by atoms with Gasteiger partial charge in [0.1, 0.15) is 11.5 Å². The minimum Gasteiger partial charge on any atom is -0.506 e. The number of para-hydroxylation sites is 1. The number of Topliss-reactive ketones (excluding diaryl/α,β-unsaturated/α-hetero) is 1. The van der Waals surface area contributed by atoms with E-state index in [4.69, 9.17) is 9.47 Å². The SMILES string of the molecule is CC(=O)c1ccc(NC(=O)O[C@@H](c2cc(Br)cc(Br)c2O)[C@H](/C=C/C(=O)O)Oc2ccccc2)cc1. The predicted octanol–water partition coefficient (Wildman–Crippen LogP) is 6.50. The molecular formula is C26H21Br2NO7. The number of ether oxygens (including phenoxy) is 2. The number of carbonyl (C=O) groups excluding carboxylic acids is 2. The molecule has 8 nitrogen and oxygen atoms in total. The third-order valence-electron chi connectivity index (χ3n) is 4.88. The number of phenols is 1. The molecule has 0 unspecified atom stereocenters. The molecule has 0 radical (unpaired) electrons. The molecule has 0 bridgehead atoms. The van der Waals surface area contributed by atoms with E-state index in [-0.39, 0.29) is 17.1 Å². The summed E-state index contributed by atoms with van der Waals surface area (Å²) in [5.41, 5.74) is 1.00. The van der Waals surface area contributed by atoms with Crippen molar-refractivity contribution < 1.29 is 34.1 Å². The normalized spacial score (nSPS) is 12.5. The van der Waals surface area contributed by atoms with Crippen molar-refractivity contribution in [1.82, 2.24) is 0 Å². The number of carboxylic acids is 1. The smallest absolute Gasteiger partial charge is 0.412 e. The maximum atomic E-state index is 12.9. The fourth-order valence-electron chi connectivity index (χ4n) is 3.20. The molecule has 2 atom stereocenters. The van der Waals surface area contributed by atoms with Crippen LogP contribution in [0, 0.1) is 0 Å². The number of carboxylic acid groups (broad SMARTS) is 1. The first-order chi connectivity index (χ1) is 17.1. The van der Waals surface area contributed by atoms with Crippen molar-refractivity contribution in [2.75, 3.05) is 5.32 Å². The highest BCUT2D eigenvalue weighted by molar-refractivity contribution is 9.11. The standard InChI is InChI=1S/C26H21Br2NO7/c1-15(30)16-7-9-18(10-8-16)29-26(34)36-25(20-13-17(27)14-21(28)24(20)33)22(11-12-23(31)32)35-19-5-3-2-4-6-19/h2-14,22,25,33H,1H3,(H,29,34)(H,31,32)/b12-11+/t22-,25-/m0/s1. The number of halogens is 2. The molecule has 0 fully saturated rings. The molecular weight excluding hydrogens is 598 g/mol. The lowest BCUT2D eigenvalue weighted by Crippen LogP contribution is -2.30. The summed E-state index contributed by atoms with van der Waals surface area (Å²) in [6.45, 7) is 1.43. The van der Waals surface area contributed by atoms with Crippen LogP contribution in [0.15, 0.2) is 87.8 Å². The van der Waals surface area contributed by atoms with Gasteiger partial charge in [-0.05, 0) is 77.5 Å². The number of hydrogen-bond donors (Lipinski definition) is 3. The molecule has 186 valence electrons. The quantitative estimate of drug-likeness (QED) is 0.185. The van der Waals surface area contributed by atoms with Crippen LogP contribution in [0.25, 0.3) is 0 Å². The molecule has 0 spiro atoms. The number of nitrogens with one attached hydrogen (secondary N) is 1. The molecule has 0 aromatic heterocycles. The number of aliphatic carboxylic acids is 1. The highest BCUT2D eigenvalue weighted by atomic mass is 79.9. The van der Waals surface area contributed by atoms with Gasteiger partial charge in [-0.25, -0.2) is 9.59 Å². The lowest BCUT2D eigenvalue weighted by molar-refractivity contribution is -0.131. The van der Waals surface area contributed by atoms with Crippen LogP contribution in [0.3, 0.4) is 0 Å². The number of amides is 1. The third kappa shape index (κ3) is 7.43. The third-order valence-corrected chi connectivity index (χ3v) is 5.94. The number of anilines is 1. The fourth-order valence-corrected chi connectivity index (χ4v) is 4.45. The predicted molar refractivity (Wildman–Crippen MR) is 140 cm³/mol. The largest absolute Gasteiger partial charge is 0.506 e. The van der Waals surface area contributed by atoms with Crippen LogP contribution in [0.1, 0.15) is 28.9 Å². The van der Waals surface area contributed by atoms with Crippen molar-refractivity contribution in [2.24, 2.45) is 0 Å². The van der Waals surface area contributed by atoms with Gasteiger partial charge in [0.2, 0.25) is 0 Å². The van der Waals surface area contributed by atoms with Crippen molar-refractivity contribution in [1.29, 1.82) is 0 Å². The summed E-state index contributed by atoms with van der Waals surface area (Å²) in [6, 6.07) is 17.9. The Morgan fingerprint density at radius 3 is 2.28 bits per heavy atom. The molecule has 36 heavy (non-hydrogen) atoms. The second-order valence-corrected chi connectivity index (χ2v) is 9.27. The second-order valence-electron chi connectivity index (χ2n) is 7.50. The fraction of sp³-hybridized carbons (Fsp3) is 0.115. The first-order valence-electron chi connectivity index (χ1n) is 10.5. The van der Waals surface area contributed by atoms with Gasteiger partial charge in [0, 0.05) is 27.4 Å². The van der Waals surface area contributed by atoms with Crippen molar-refractivity contribution in [3.8, 4) is 11.5 Å². The summed E-state index contributed by atoms with van der Waals surface area (Å²) in [5, 5.41) is 22.5. The average Bonchev–Trinajstić information content (AvgIpc) is 2.83. The molecule has 0 heterocycles. The van der Waals surface area contributed by atoms with Crippen molar-refractivity contribution >= 4 is 55.4 Å². The van der Waals surface area contributed by atoms with Gasteiger partial charge >= 0.3 is 12.1 Å². The van der Waals surface area contributed by atoms with Crippen LogP contribution in [0.4, 0.5) is 10.5 Å². The molecule has 3 aromatic rings. The Hall–Kier alpha value is -3.63. The van der Waals surface area contributed by atoms with Crippen molar-refractivity contribution in [2.45, 2.75) is 19.1 Å². The average molecular weight is 619 g/mol. The zero-order chi connectivity index (χ0) is 26.2. The zero-order valence-electron chi connectivity index (χ0n) is 18.9. The van der Waals surface area contributed by atoms with E-state index in [1.165, 1.54) is 19.1 Å². The van der Waals surface area contributed by atoms with Gasteiger partial charge in [-0.1, -0.05) is 34.1 Å². The molecule has 3 N–H and O–H groups in total. The first-order valence-corrected chi connectivity index (χ1v) is 12.1. The Morgan fingerprint density at radius 1 is 1.00 bits per heavy atom. The molecule has 0 aliphatic heterocycles. The van der Waals surface area contributed by atoms with Gasteiger partial charge in [0.25, 0.3) is 0 Å². The Bertz CT molecular complexity index is 1280.